The number of thiazole rings is 1. The molecule has 1 aromatic heterocycles. The van der Waals surface area contributed by atoms with Gasteiger partial charge in [-0.2, -0.15) is 13.5 Å². The first-order valence-corrected chi connectivity index (χ1v) is 15.3. The van der Waals surface area contributed by atoms with Crippen LogP contribution in [0.3, 0.4) is 0 Å². The van der Waals surface area contributed by atoms with Crippen molar-refractivity contribution in [3.63, 3.8) is 0 Å². The average molecular weight is 670 g/mol. The van der Waals surface area contributed by atoms with Gasteiger partial charge in [0.25, 0.3) is 17.9 Å². The topological polar surface area (TPSA) is 296 Å². The third-order valence-electron chi connectivity index (χ3n) is 6.73. The molecule has 19 nitrogen and oxygen atoms in total. The quantitative estimate of drug-likeness (QED) is 0.0392. The molecule has 244 valence electrons. The number of amidine groups is 1. The third kappa shape index (κ3) is 8.01. The van der Waals surface area contributed by atoms with E-state index in [1.54, 1.807) is 24.3 Å². The molecule has 3 heterocycles. The summed E-state index contributed by atoms with van der Waals surface area (Å²) in [5.74, 6) is -2.95. The Morgan fingerprint density at radius 3 is 2.51 bits per heavy atom. The van der Waals surface area contributed by atoms with Gasteiger partial charge in [0.2, 0.25) is 0 Å². The number of benzene rings is 1. The minimum absolute atomic E-state index is 0.0493. The van der Waals surface area contributed by atoms with E-state index in [0.29, 0.717) is 23.7 Å². The van der Waals surface area contributed by atoms with Gasteiger partial charge in [0.1, 0.15) is 29.9 Å². The van der Waals surface area contributed by atoms with Crippen LogP contribution in [0, 0.1) is 0 Å². The number of rotatable bonds is 13. The minimum atomic E-state index is -5.02. The van der Waals surface area contributed by atoms with Crippen molar-refractivity contribution in [3.05, 3.63) is 40.9 Å². The number of anilines is 1. The van der Waals surface area contributed by atoms with E-state index >= 15 is 0 Å². The largest absolute Gasteiger partial charge is 0.489 e. The molecule has 2 saturated heterocycles. The molecule has 21 heteroatoms. The molecule has 2 aromatic rings. The van der Waals surface area contributed by atoms with Crippen LogP contribution in [0.5, 0.6) is 5.75 Å². The molecule has 2 aliphatic heterocycles. The SMILES string of the molecule is CC1(C)[C@H](NC(=O)/C(=N\O[C@@H](COc2ccc(C(N)=NC3CNCC3N)cc2)C(=O)O)c2csc(N)n2)C(=O)N1OS(=O)(=O)O. The van der Waals surface area contributed by atoms with Gasteiger partial charge < -0.3 is 42.5 Å². The van der Waals surface area contributed by atoms with Gasteiger partial charge in [-0.1, -0.05) is 5.16 Å². The molecule has 2 fully saturated rings. The fourth-order valence-electron chi connectivity index (χ4n) is 4.26. The van der Waals surface area contributed by atoms with Gasteiger partial charge >= 0.3 is 16.4 Å². The number of amides is 2. The minimum Gasteiger partial charge on any atom is -0.489 e. The fourth-order valence-corrected chi connectivity index (χ4v) is 5.26. The van der Waals surface area contributed by atoms with Crippen molar-refractivity contribution in [2.24, 2.45) is 21.6 Å². The second-order valence-electron chi connectivity index (χ2n) is 10.4. The molecule has 4 atom stereocenters. The summed E-state index contributed by atoms with van der Waals surface area (Å²) in [4.78, 5) is 51.1. The number of aromatic nitrogens is 1. The maximum atomic E-state index is 13.2. The molecule has 10 N–H and O–H groups in total. The van der Waals surface area contributed by atoms with E-state index in [0.717, 1.165) is 11.3 Å². The molecule has 4 rings (SSSR count). The summed E-state index contributed by atoms with van der Waals surface area (Å²) in [5.41, 5.74) is 16.3. The lowest BCUT2D eigenvalue weighted by molar-refractivity contribution is -0.218. The smallest absolute Gasteiger partial charge is 0.418 e. The number of carbonyl (C=O) groups excluding carboxylic acids is 2. The Bertz CT molecular complexity index is 1610. The molecule has 2 amide bonds. The van der Waals surface area contributed by atoms with Gasteiger partial charge in [-0.15, -0.1) is 15.6 Å². The number of oxime groups is 1. The van der Waals surface area contributed by atoms with E-state index < -0.39 is 58.2 Å². The van der Waals surface area contributed by atoms with E-state index in [9.17, 15) is 27.9 Å². The third-order valence-corrected chi connectivity index (χ3v) is 7.74. The molecule has 2 aliphatic rings. The lowest BCUT2D eigenvalue weighted by Gasteiger charge is -2.50. The van der Waals surface area contributed by atoms with Crippen molar-refractivity contribution >= 4 is 56.2 Å². The number of ether oxygens (including phenoxy) is 1. The van der Waals surface area contributed by atoms with E-state index in [1.807, 2.05) is 0 Å². The van der Waals surface area contributed by atoms with Crippen LogP contribution in [0.25, 0.3) is 0 Å². The first-order valence-electron chi connectivity index (χ1n) is 13.1. The molecule has 0 aliphatic carbocycles. The number of nitrogens with one attached hydrogen (secondary N) is 2. The Labute approximate surface area is 260 Å². The fraction of sp³-hybridized carbons (Fsp3) is 0.417. The predicted molar refractivity (Wildman–Crippen MR) is 158 cm³/mol. The standard InChI is InChI=1S/C24H31N9O10S2/c1-24(2)18(21(35)33(24)43-45(38,39)40)31-20(34)17(15-10-44-23(27)30-15)32-42-16(22(36)37)9-41-12-5-3-11(4-6-12)19(26)29-14-8-28-7-13(14)25/h3-6,10,13-14,16,18,28H,7-9,25H2,1-2H3,(H2,26,29)(H2,27,30)(H,31,34)(H,36,37)(H,38,39,40)/b32-17-/t13?,14?,16-,18+/m0/s1. The zero-order valence-corrected chi connectivity index (χ0v) is 25.4. The van der Waals surface area contributed by atoms with Crippen molar-refractivity contribution in [1.29, 1.82) is 0 Å². The molecule has 0 spiro atoms. The summed E-state index contributed by atoms with van der Waals surface area (Å²) in [6.45, 7) is 3.43. The van der Waals surface area contributed by atoms with Crippen molar-refractivity contribution in [2.75, 3.05) is 25.4 Å². The van der Waals surface area contributed by atoms with E-state index in [2.05, 4.69) is 30.0 Å². The number of aliphatic carboxylic acids is 1. The van der Waals surface area contributed by atoms with E-state index in [1.165, 1.54) is 19.2 Å². The normalized spacial score (nSPS) is 22.4. The number of hydroxylamine groups is 2. The second-order valence-corrected chi connectivity index (χ2v) is 12.3. The number of aliphatic imine (C=N–C) groups is 1. The maximum absolute atomic E-state index is 13.2. The number of nitrogens with two attached hydrogens (primary N) is 3. The van der Waals surface area contributed by atoms with Crippen LogP contribution in [0.15, 0.2) is 39.8 Å². The Hall–Kier alpha value is -4.41. The van der Waals surface area contributed by atoms with Crippen LogP contribution in [-0.4, -0.2) is 107 Å². The number of nitrogen functional groups attached to an aromatic ring is 1. The zero-order chi connectivity index (χ0) is 33.1. The molecule has 2 unspecified atom stereocenters. The van der Waals surface area contributed by atoms with Crippen LogP contribution in [0.4, 0.5) is 5.13 Å². The second kappa shape index (κ2) is 13.3. The van der Waals surface area contributed by atoms with Gasteiger partial charge in [0, 0.05) is 30.1 Å². The number of carboxylic acid groups (broad SMARTS) is 1. The first-order chi connectivity index (χ1) is 21.1. The molecule has 0 bridgehead atoms. The lowest BCUT2D eigenvalue weighted by atomic mass is 9.84. The average Bonchev–Trinajstić information content (AvgIpc) is 3.58. The highest BCUT2D eigenvalue weighted by atomic mass is 32.3. The Morgan fingerprint density at radius 1 is 1.29 bits per heavy atom. The molecule has 0 radical (unpaired) electrons. The summed E-state index contributed by atoms with van der Waals surface area (Å²) in [6.07, 6.45) is -1.70. The lowest BCUT2D eigenvalue weighted by Crippen LogP contribution is -2.76. The van der Waals surface area contributed by atoms with Crippen LogP contribution >= 0.6 is 11.3 Å². The van der Waals surface area contributed by atoms with E-state index in [-0.39, 0.29) is 34.5 Å². The van der Waals surface area contributed by atoms with Gasteiger partial charge in [-0.3, -0.25) is 19.1 Å². The monoisotopic (exact) mass is 669 g/mol. The van der Waals surface area contributed by atoms with Crippen LogP contribution < -0.4 is 32.6 Å². The van der Waals surface area contributed by atoms with E-state index in [4.69, 9.17) is 31.3 Å². The molecule has 0 saturated carbocycles. The molecular formula is C24H31N9O10S2. The Balaban J connectivity index is 1.44. The highest BCUT2D eigenvalue weighted by Gasteiger charge is 2.58. The molecular weight excluding hydrogens is 638 g/mol. The summed E-state index contributed by atoms with van der Waals surface area (Å²) in [5, 5.41) is 20.6. The van der Waals surface area contributed by atoms with Gasteiger partial charge in [0.05, 0.1) is 11.6 Å². The summed E-state index contributed by atoms with van der Waals surface area (Å²) >= 11 is 0.949. The summed E-state index contributed by atoms with van der Waals surface area (Å²) in [7, 11) is -5.02. The highest BCUT2D eigenvalue weighted by molar-refractivity contribution is 7.80. The van der Waals surface area contributed by atoms with Gasteiger partial charge in [0.15, 0.2) is 10.8 Å². The van der Waals surface area contributed by atoms with Crippen LogP contribution in [0.1, 0.15) is 25.1 Å². The number of hydrogen-bond acceptors (Lipinski definition) is 15. The number of nitrogens with zero attached hydrogens (tertiary/aromatic N) is 4. The van der Waals surface area contributed by atoms with Crippen LogP contribution in [-0.2, 0) is 33.9 Å². The summed E-state index contributed by atoms with van der Waals surface area (Å²) < 4.78 is 40.9. The van der Waals surface area contributed by atoms with Gasteiger partial charge in [-0.05, 0) is 38.1 Å². The zero-order valence-electron chi connectivity index (χ0n) is 23.8. The first kappa shape index (κ1) is 33.5. The van der Waals surface area contributed by atoms with Crippen molar-refractivity contribution in [2.45, 2.75) is 43.6 Å². The van der Waals surface area contributed by atoms with Crippen molar-refractivity contribution < 1.29 is 46.3 Å². The molecule has 45 heavy (non-hydrogen) atoms. The number of β-lactam (4-membered cyclic amide) rings is 1. The Kier molecular flexibility index (Phi) is 9.89. The summed E-state index contributed by atoms with van der Waals surface area (Å²) in [6, 6.07) is 4.74. The highest BCUT2D eigenvalue weighted by Crippen LogP contribution is 2.33. The van der Waals surface area contributed by atoms with Gasteiger partial charge in [-0.25, -0.2) is 9.78 Å². The maximum Gasteiger partial charge on any atom is 0.418 e. The number of carbonyl (C=O) groups is 3. The Morgan fingerprint density at radius 2 is 1.98 bits per heavy atom. The molecule has 1 aromatic carbocycles. The predicted octanol–water partition coefficient (Wildman–Crippen LogP) is -2.18. The van der Waals surface area contributed by atoms with Crippen LogP contribution in [0.2, 0.25) is 0 Å². The number of hydrogen-bond donors (Lipinski definition) is 7. The van der Waals surface area contributed by atoms with Crippen molar-refractivity contribution in [3.8, 4) is 5.75 Å². The van der Waals surface area contributed by atoms with Crippen molar-refractivity contribution in [1.82, 2.24) is 20.7 Å². The number of carboxylic acids is 1.